The molecule has 1 amide bonds. The maximum absolute atomic E-state index is 11.5. The Hall–Kier alpha value is -2.04. The van der Waals surface area contributed by atoms with Gasteiger partial charge in [-0.3, -0.25) is 9.59 Å². The topological polar surface area (TPSA) is 71.3 Å². The molecule has 15 heavy (non-hydrogen) atoms. The quantitative estimate of drug-likeness (QED) is 0.530. The number of hydrogen-bond donors (Lipinski definition) is 2. The highest BCUT2D eigenvalue weighted by Gasteiger charge is 2.16. The highest BCUT2D eigenvalue weighted by atomic mass is 16.3. The van der Waals surface area contributed by atoms with Crippen LogP contribution in [0, 0.1) is 0 Å². The van der Waals surface area contributed by atoms with Crippen LogP contribution in [0.5, 0.6) is 0 Å². The van der Waals surface area contributed by atoms with E-state index in [9.17, 15) is 9.59 Å². The summed E-state index contributed by atoms with van der Waals surface area (Å²) in [7, 11) is 0. The Kier molecular flexibility index (Phi) is 2.53. The van der Waals surface area contributed by atoms with Gasteiger partial charge in [-0.15, -0.1) is 0 Å². The van der Waals surface area contributed by atoms with Crippen molar-refractivity contribution in [3.63, 3.8) is 0 Å². The zero-order valence-electron chi connectivity index (χ0n) is 7.95. The van der Waals surface area contributed by atoms with Gasteiger partial charge in [0, 0.05) is 19.2 Å². The molecule has 1 aliphatic rings. The Morgan fingerprint density at radius 3 is 2.87 bits per heavy atom. The minimum absolute atomic E-state index is 0.225. The molecule has 1 aromatic rings. The van der Waals surface area contributed by atoms with E-state index in [2.05, 4.69) is 10.6 Å². The molecular formula is C10H10N2O3. The number of ketones is 1. The van der Waals surface area contributed by atoms with E-state index in [1.54, 1.807) is 12.1 Å². The van der Waals surface area contributed by atoms with Crippen molar-refractivity contribution in [2.75, 3.05) is 13.1 Å². The monoisotopic (exact) mass is 206 g/mol. The fraction of sp³-hybridized carbons (Fsp3) is 0.200. The Bertz CT molecular complexity index is 406. The maximum atomic E-state index is 11.5. The standard InChI is InChI=1S/C10H10N2O3/c13-8(9-2-1-5-15-9)6-7-10(14)12-4-3-11-7/h1-2,5-6,11H,3-4H2,(H,12,14). The van der Waals surface area contributed by atoms with Gasteiger partial charge in [-0.1, -0.05) is 0 Å². The Balaban J connectivity index is 2.15. The lowest BCUT2D eigenvalue weighted by Crippen LogP contribution is -2.43. The number of piperazine rings is 1. The highest BCUT2D eigenvalue weighted by molar-refractivity contribution is 6.08. The van der Waals surface area contributed by atoms with Crippen LogP contribution in [0.2, 0.25) is 0 Å². The van der Waals surface area contributed by atoms with Gasteiger partial charge >= 0.3 is 0 Å². The molecule has 1 aliphatic heterocycles. The summed E-state index contributed by atoms with van der Waals surface area (Å²) in [6, 6.07) is 3.18. The van der Waals surface area contributed by atoms with Crippen molar-refractivity contribution in [3.05, 3.63) is 35.9 Å². The Labute approximate surface area is 86.1 Å². The normalized spacial score (nSPS) is 18.4. The second kappa shape index (κ2) is 4.00. The Morgan fingerprint density at radius 2 is 2.20 bits per heavy atom. The van der Waals surface area contributed by atoms with Crippen LogP contribution in [0.15, 0.2) is 34.6 Å². The first-order valence-electron chi connectivity index (χ1n) is 4.59. The van der Waals surface area contributed by atoms with Gasteiger partial charge in [-0.2, -0.15) is 0 Å². The number of carbonyl (C=O) groups is 2. The van der Waals surface area contributed by atoms with Crippen LogP contribution in [0.25, 0.3) is 0 Å². The minimum Gasteiger partial charge on any atom is -0.461 e. The first-order chi connectivity index (χ1) is 7.27. The lowest BCUT2D eigenvalue weighted by atomic mass is 10.2. The zero-order valence-corrected chi connectivity index (χ0v) is 7.95. The number of furan rings is 1. The number of rotatable bonds is 2. The maximum Gasteiger partial charge on any atom is 0.267 e. The highest BCUT2D eigenvalue weighted by Crippen LogP contribution is 2.04. The molecule has 5 heteroatoms. The third kappa shape index (κ3) is 2.07. The smallest absolute Gasteiger partial charge is 0.267 e. The molecule has 2 rings (SSSR count). The van der Waals surface area contributed by atoms with Crippen molar-refractivity contribution in [1.29, 1.82) is 0 Å². The molecule has 1 aromatic heterocycles. The van der Waals surface area contributed by atoms with Crippen molar-refractivity contribution in [1.82, 2.24) is 10.6 Å². The summed E-state index contributed by atoms with van der Waals surface area (Å²) in [5.74, 6) is -0.358. The van der Waals surface area contributed by atoms with Crippen molar-refractivity contribution in [3.8, 4) is 0 Å². The molecular weight excluding hydrogens is 196 g/mol. The molecule has 2 heterocycles. The molecule has 0 atom stereocenters. The molecule has 1 fully saturated rings. The average molecular weight is 206 g/mol. The van der Waals surface area contributed by atoms with Gasteiger partial charge in [0.25, 0.3) is 5.91 Å². The largest absolute Gasteiger partial charge is 0.461 e. The average Bonchev–Trinajstić information content (AvgIpc) is 2.74. The summed E-state index contributed by atoms with van der Waals surface area (Å²) < 4.78 is 4.92. The van der Waals surface area contributed by atoms with E-state index >= 15 is 0 Å². The molecule has 0 aromatic carbocycles. The summed E-state index contributed by atoms with van der Waals surface area (Å²) in [5, 5.41) is 5.48. The van der Waals surface area contributed by atoms with Crippen molar-refractivity contribution >= 4 is 11.7 Å². The van der Waals surface area contributed by atoms with Gasteiger partial charge in [0.05, 0.1) is 6.26 Å². The first-order valence-corrected chi connectivity index (χ1v) is 4.59. The third-order valence-electron chi connectivity index (χ3n) is 2.01. The molecule has 0 aliphatic carbocycles. The fourth-order valence-electron chi connectivity index (χ4n) is 1.29. The molecule has 2 N–H and O–H groups in total. The molecule has 0 bridgehead atoms. The second-order valence-corrected chi connectivity index (χ2v) is 3.08. The van der Waals surface area contributed by atoms with Crippen molar-refractivity contribution in [2.45, 2.75) is 0 Å². The van der Waals surface area contributed by atoms with Gasteiger partial charge in [0.15, 0.2) is 5.76 Å². The summed E-state index contributed by atoms with van der Waals surface area (Å²) in [5.41, 5.74) is 0.280. The van der Waals surface area contributed by atoms with Gasteiger partial charge in [0.2, 0.25) is 5.78 Å². The predicted octanol–water partition coefficient (Wildman–Crippen LogP) is 0.0656. The van der Waals surface area contributed by atoms with E-state index in [1.807, 2.05) is 0 Å². The van der Waals surface area contributed by atoms with Crippen LogP contribution in [-0.2, 0) is 4.79 Å². The van der Waals surface area contributed by atoms with E-state index in [-0.39, 0.29) is 23.1 Å². The van der Waals surface area contributed by atoms with E-state index < -0.39 is 0 Å². The third-order valence-corrected chi connectivity index (χ3v) is 2.01. The minimum atomic E-state index is -0.320. The number of carbonyl (C=O) groups excluding carboxylic acids is 2. The fourth-order valence-corrected chi connectivity index (χ4v) is 1.29. The zero-order chi connectivity index (χ0) is 10.7. The molecule has 0 saturated carbocycles. The second-order valence-electron chi connectivity index (χ2n) is 3.08. The summed E-state index contributed by atoms with van der Waals surface area (Å²) >= 11 is 0. The lowest BCUT2D eigenvalue weighted by Gasteiger charge is -2.16. The molecule has 0 unspecified atom stereocenters. The first kappa shape index (κ1) is 9.51. The molecule has 1 saturated heterocycles. The number of nitrogens with one attached hydrogen (secondary N) is 2. The molecule has 0 spiro atoms. The van der Waals surface area contributed by atoms with E-state index in [4.69, 9.17) is 4.42 Å². The Morgan fingerprint density at radius 1 is 1.40 bits per heavy atom. The SMILES string of the molecule is O=C1NCCNC1=CC(=O)c1ccco1. The molecule has 78 valence electrons. The summed E-state index contributed by atoms with van der Waals surface area (Å²) in [6.45, 7) is 1.20. The van der Waals surface area contributed by atoms with E-state index in [0.29, 0.717) is 13.1 Å². The predicted molar refractivity (Wildman–Crippen MR) is 52.1 cm³/mol. The number of hydrogen-bond acceptors (Lipinski definition) is 4. The van der Waals surface area contributed by atoms with Crippen LogP contribution < -0.4 is 10.6 Å². The van der Waals surface area contributed by atoms with E-state index in [1.165, 1.54) is 12.3 Å². The lowest BCUT2D eigenvalue weighted by molar-refractivity contribution is -0.118. The van der Waals surface area contributed by atoms with Crippen molar-refractivity contribution < 1.29 is 14.0 Å². The van der Waals surface area contributed by atoms with Crippen molar-refractivity contribution in [2.24, 2.45) is 0 Å². The van der Waals surface area contributed by atoms with Crippen LogP contribution in [-0.4, -0.2) is 24.8 Å². The van der Waals surface area contributed by atoms with Crippen LogP contribution in [0.1, 0.15) is 10.6 Å². The summed E-state index contributed by atoms with van der Waals surface area (Å²) in [4.78, 5) is 22.8. The number of allylic oxidation sites excluding steroid dienone is 1. The summed E-state index contributed by atoms with van der Waals surface area (Å²) in [6.07, 6.45) is 2.66. The molecule has 5 nitrogen and oxygen atoms in total. The van der Waals surface area contributed by atoms with Crippen LogP contribution in [0.4, 0.5) is 0 Å². The van der Waals surface area contributed by atoms with E-state index in [0.717, 1.165) is 0 Å². The molecule has 0 radical (unpaired) electrons. The van der Waals surface area contributed by atoms with Gasteiger partial charge in [-0.05, 0) is 12.1 Å². The van der Waals surface area contributed by atoms with Gasteiger partial charge in [-0.25, -0.2) is 0 Å². The van der Waals surface area contributed by atoms with Gasteiger partial charge < -0.3 is 15.1 Å². The van der Waals surface area contributed by atoms with Gasteiger partial charge in [0.1, 0.15) is 5.70 Å². The number of amides is 1. The van der Waals surface area contributed by atoms with Crippen LogP contribution in [0.3, 0.4) is 0 Å². The van der Waals surface area contributed by atoms with Crippen LogP contribution >= 0.6 is 0 Å².